The Kier molecular flexibility index (Phi) is 3.18. The molecular weight excluding hydrogens is 280 g/mol. The van der Waals surface area contributed by atoms with E-state index in [1.807, 2.05) is 0 Å². The van der Waals surface area contributed by atoms with Crippen LogP contribution in [-0.2, 0) is 6.42 Å². The third-order valence-electron chi connectivity index (χ3n) is 4.47. The van der Waals surface area contributed by atoms with Crippen LogP contribution >= 0.6 is 0 Å². The van der Waals surface area contributed by atoms with E-state index in [9.17, 15) is 18.4 Å². The average molecular weight is 299 g/mol. The Hall–Kier alpha value is -1.66. The van der Waals surface area contributed by atoms with Crippen LogP contribution in [0.3, 0.4) is 0 Å². The normalized spacial score (nSPS) is 24.3. The summed E-state index contributed by atoms with van der Waals surface area (Å²) in [6.07, 6.45) is 0.922. The third-order valence-corrected chi connectivity index (χ3v) is 4.47. The molecule has 1 atom stereocenters. The molecule has 0 saturated heterocycles. The zero-order valence-corrected chi connectivity index (χ0v) is 12.1. The van der Waals surface area contributed by atoms with E-state index in [1.165, 1.54) is 4.57 Å². The second-order valence-corrected chi connectivity index (χ2v) is 6.37. The fraction of sp³-hybridized carbons (Fsp3) is 0.714. The maximum Gasteiger partial charge on any atom is 0.330 e. The standard InChI is InChI=1S/C14H19F2N3O2/c1-7(2)19-12(20)9-3-4-10(8-5-14(15,16)6-8)17-11(9)18-13(19)21/h7-8,10,17H,3-6H2,1-2H3,(H,18,21)/t10-/m1/s1. The number of anilines is 1. The summed E-state index contributed by atoms with van der Waals surface area (Å²) in [5.74, 6) is -2.24. The van der Waals surface area contributed by atoms with E-state index in [4.69, 9.17) is 0 Å². The zero-order chi connectivity index (χ0) is 15.4. The molecule has 1 aromatic heterocycles. The molecule has 2 N–H and O–H groups in total. The molecule has 2 aliphatic rings. The topological polar surface area (TPSA) is 66.9 Å². The van der Waals surface area contributed by atoms with Crippen molar-refractivity contribution in [2.45, 2.75) is 57.5 Å². The highest BCUT2D eigenvalue weighted by atomic mass is 19.3. The highest BCUT2D eigenvalue weighted by Crippen LogP contribution is 2.46. The van der Waals surface area contributed by atoms with E-state index in [0.29, 0.717) is 24.2 Å². The van der Waals surface area contributed by atoms with Gasteiger partial charge in [-0.2, -0.15) is 0 Å². The summed E-state index contributed by atoms with van der Waals surface area (Å²) in [6, 6.07) is -0.309. The van der Waals surface area contributed by atoms with Crippen LogP contribution in [0.4, 0.5) is 14.6 Å². The Morgan fingerprint density at radius 3 is 2.52 bits per heavy atom. The van der Waals surface area contributed by atoms with Gasteiger partial charge in [0.15, 0.2) is 0 Å². The highest BCUT2D eigenvalue weighted by Gasteiger charge is 2.49. The lowest BCUT2D eigenvalue weighted by atomic mass is 9.74. The molecular formula is C14H19F2N3O2. The summed E-state index contributed by atoms with van der Waals surface area (Å²) >= 11 is 0. The van der Waals surface area contributed by atoms with Gasteiger partial charge in [0.25, 0.3) is 5.56 Å². The van der Waals surface area contributed by atoms with Crippen LogP contribution in [0.25, 0.3) is 0 Å². The average Bonchev–Trinajstić information content (AvgIpc) is 2.34. The first-order valence-electron chi connectivity index (χ1n) is 7.30. The molecule has 0 aromatic carbocycles. The van der Waals surface area contributed by atoms with Gasteiger partial charge in [0.2, 0.25) is 5.92 Å². The van der Waals surface area contributed by atoms with Gasteiger partial charge in [-0.05, 0) is 32.6 Å². The van der Waals surface area contributed by atoms with Gasteiger partial charge in [-0.15, -0.1) is 0 Å². The fourth-order valence-corrected chi connectivity index (χ4v) is 3.31. The first-order chi connectivity index (χ1) is 9.78. The summed E-state index contributed by atoms with van der Waals surface area (Å²) in [4.78, 5) is 27.0. The summed E-state index contributed by atoms with van der Waals surface area (Å²) in [6.45, 7) is 3.55. The molecule has 7 heteroatoms. The molecule has 1 saturated carbocycles. The summed E-state index contributed by atoms with van der Waals surface area (Å²) in [7, 11) is 0. The molecule has 0 spiro atoms. The van der Waals surface area contributed by atoms with Crippen molar-refractivity contribution in [3.63, 3.8) is 0 Å². The Labute approximate surface area is 120 Å². The van der Waals surface area contributed by atoms with E-state index >= 15 is 0 Å². The minimum absolute atomic E-state index is 0.0933. The Morgan fingerprint density at radius 2 is 1.95 bits per heavy atom. The first kappa shape index (κ1) is 14.3. The highest BCUT2D eigenvalue weighted by molar-refractivity contribution is 5.46. The number of nitrogens with one attached hydrogen (secondary N) is 2. The predicted octanol–water partition coefficient (Wildman–Crippen LogP) is 1.89. The van der Waals surface area contributed by atoms with Gasteiger partial charge in [0, 0.05) is 24.9 Å². The number of rotatable bonds is 2. The van der Waals surface area contributed by atoms with Crippen molar-refractivity contribution in [3.8, 4) is 0 Å². The smallest absolute Gasteiger partial charge is 0.330 e. The number of halogens is 2. The number of nitrogens with zero attached hydrogens (tertiary/aromatic N) is 1. The number of fused-ring (bicyclic) bond motifs is 1. The monoisotopic (exact) mass is 299 g/mol. The van der Waals surface area contributed by atoms with E-state index in [2.05, 4.69) is 10.3 Å². The largest absolute Gasteiger partial charge is 0.368 e. The molecule has 5 nitrogen and oxygen atoms in total. The van der Waals surface area contributed by atoms with E-state index in [0.717, 1.165) is 0 Å². The molecule has 0 radical (unpaired) electrons. The van der Waals surface area contributed by atoms with E-state index < -0.39 is 11.6 Å². The Bertz CT molecular complexity index is 670. The number of hydrogen-bond acceptors (Lipinski definition) is 3. The number of alkyl halides is 2. The fourth-order valence-electron chi connectivity index (χ4n) is 3.31. The molecule has 2 heterocycles. The van der Waals surface area contributed by atoms with Gasteiger partial charge in [0.05, 0.1) is 5.56 Å². The molecule has 1 aliphatic heterocycles. The van der Waals surface area contributed by atoms with E-state index in [-0.39, 0.29) is 36.4 Å². The summed E-state index contributed by atoms with van der Waals surface area (Å²) in [5.41, 5.74) is -0.194. The lowest BCUT2D eigenvalue weighted by Gasteiger charge is -2.42. The van der Waals surface area contributed by atoms with Crippen LogP contribution in [0.2, 0.25) is 0 Å². The molecule has 3 rings (SSSR count). The van der Waals surface area contributed by atoms with Crippen LogP contribution in [-0.4, -0.2) is 21.5 Å². The maximum atomic E-state index is 13.0. The lowest BCUT2D eigenvalue weighted by Crippen LogP contribution is -2.48. The quantitative estimate of drug-likeness (QED) is 0.876. The van der Waals surface area contributed by atoms with Crippen molar-refractivity contribution < 1.29 is 8.78 Å². The van der Waals surface area contributed by atoms with Crippen molar-refractivity contribution in [1.82, 2.24) is 9.55 Å². The lowest BCUT2D eigenvalue weighted by molar-refractivity contribution is -0.115. The van der Waals surface area contributed by atoms with Crippen molar-refractivity contribution in [3.05, 3.63) is 26.4 Å². The van der Waals surface area contributed by atoms with Gasteiger partial charge in [-0.25, -0.2) is 13.6 Å². The minimum Gasteiger partial charge on any atom is -0.368 e. The minimum atomic E-state index is -2.55. The second-order valence-electron chi connectivity index (χ2n) is 6.37. The van der Waals surface area contributed by atoms with Crippen molar-refractivity contribution >= 4 is 5.82 Å². The van der Waals surface area contributed by atoms with Crippen LogP contribution in [0, 0.1) is 5.92 Å². The number of aromatic nitrogens is 2. The van der Waals surface area contributed by atoms with Crippen LogP contribution in [0.1, 0.15) is 44.7 Å². The number of aromatic amines is 1. The van der Waals surface area contributed by atoms with Crippen LogP contribution in [0.5, 0.6) is 0 Å². The molecule has 1 aromatic rings. The molecule has 1 fully saturated rings. The SMILES string of the molecule is CC(C)n1c(=O)[nH]c2c(c1=O)CC[C@H](C1CC(F)(F)C1)N2. The number of hydrogen-bond donors (Lipinski definition) is 2. The second kappa shape index (κ2) is 4.68. The van der Waals surface area contributed by atoms with Crippen molar-refractivity contribution in [2.75, 3.05) is 5.32 Å². The van der Waals surface area contributed by atoms with Crippen molar-refractivity contribution in [2.24, 2.45) is 5.92 Å². The summed E-state index contributed by atoms with van der Waals surface area (Å²) < 4.78 is 27.1. The van der Waals surface area contributed by atoms with Crippen LogP contribution in [0.15, 0.2) is 9.59 Å². The molecule has 1 aliphatic carbocycles. The molecule has 116 valence electrons. The molecule has 0 unspecified atom stereocenters. The first-order valence-corrected chi connectivity index (χ1v) is 7.30. The maximum absolute atomic E-state index is 13.0. The number of H-pyrrole nitrogens is 1. The van der Waals surface area contributed by atoms with E-state index in [1.54, 1.807) is 13.8 Å². The van der Waals surface area contributed by atoms with Gasteiger partial charge < -0.3 is 5.32 Å². The molecule has 21 heavy (non-hydrogen) atoms. The Morgan fingerprint density at radius 1 is 1.29 bits per heavy atom. The van der Waals surface area contributed by atoms with Gasteiger partial charge in [-0.1, -0.05) is 0 Å². The van der Waals surface area contributed by atoms with Gasteiger partial charge in [0.1, 0.15) is 5.82 Å². The van der Waals surface area contributed by atoms with Crippen LogP contribution < -0.4 is 16.6 Å². The third kappa shape index (κ3) is 2.38. The molecule has 0 bridgehead atoms. The van der Waals surface area contributed by atoms with Gasteiger partial charge in [-0.3, -0.25) is 14.3 Å². The van der Waals surface area contributed by atoms with Gasteiger partial charge >= 0.3 is 5.69 Å². The van der Waals surface area contributed by atoms with Crippen molar-refractivity contribution in [1.29, 1.82) is 0 Å². The summed E-state index contributed by atoms with van der Waals surface area (Å²) in [5, 5.41) is 3.08. The molecule has 0 amide bonds. The Balaban J connectivity index is 1.88. The predicted molar refractivity (Wildman–Crippen MR) is 75.1 cm³/mol. The zero-order valence-electron chi connectivity index (χ0n) is 12.1.